The number of amides is 2. The molecule has 28 heavy (non-hydrogen) atoms. The summed E-state index contributed by atoms with van der Waals surface area (Å²) in [6, 6.07) is 15.1. The lowest BCUT2D eigenvalue weighted by molar-refractivity contribution is 0.187. The summed E-state index contributed by atoms with van der Waals surface area (Å²) in [5.74, 6) is 1.31. The number of nitrogens with one attached hydrogen (secondary N) is 1. The van der Waals surface area contributed by atoms with Crippen LogP contribution >= 0.6 is 11.6 Å². The first-order chi connectivity index (χ1) is 13.6. The second-order valence-electron chi connectivity index (χ2n) is 7.02. The molecule has 0 atom stereocenters. The summed E-state index contributed by atoms with van der Waals surface area (Å²) in [7, 11) is 0. The third-order valence-electron chi connectivity index (χ3n) is 4.96. The van der Waals surface area contributed by atoms with Crippen molar-refractivity contribution in [2.75, 3.05) is 18.4 Å². The summed E-state index contributed by atoms with van der Waals surface area (Å²) in [6.45, 7) is 3.32. The third-order valence-corrected chi connectivity index (χ3v) is 5.19. The maximum absolute atomic E-state index is 12.5. The number of hydrogen-bond acceptors (Lipinski definition) is 4. The number of carbonyl (C=O) groups excluding carboxylic acids is 1. The quantitative estimate of drug-likeness (QED) is 0.667. The maximum atomic E-state index is 12.5. The fourth-order valence-corrected chi connectivity index (χ4v) is 3.51. The first-order valence-electron chi connectivity index (χ1n) is 9.30. The van der Waals surface area contributed by atoms with Gasteiger partial charge in [0.25, 0.3) is 0 Å². The lowest BCUT2D eigenvalue weighted by Gasteiger charge is -2.30. The van der Waals surface area contributed by atoms with Gasteiger partial charge in [0.1, 0.15) is 0 Å². The standard InChI is InChI=1S/C21H21ClN4O2/c1-14-5-7-18(8-6-14)23-21(27)26-11-9-15(10-12-26)20-24-19(25-28-20)16-3-2-4-17(22)13-16/h2-8,13,15H,9-12H2,1H3,(H,23,27). The monoisotopic (exact) mass is 396 g/mol. The zero-order valence-corrected chi connectivity index (χ0v) is 16.3. The molecule has 7 heteroatoms. The van der Waals surface area contributed by atoms with Gasteiger partial charge in [0, 0.05) is 35.3 Å². The Labute approximate surface area is 168 Å². The van der Waals surface area contributed by atoms with Crippen molar-refractivity contribution >= 4 is 23.3 Å². The maximum Gasteiger partial charge on any atom is 0.321 e. The molecule has 2 amide bonds. The average Bonchev–Trinajstić information content (AvgIpc) is 3.20. The highest BCUT2D eigenvalue weighted by molar-refractivity contribution is 6.30. The van der Waals surface area contributed by atoms with Crippen molar-refractivity contribution in [2.45, 2.75) is 25.7 Å². The van der Waals surface area contributed by atoms with Gasteiger partial charge in [-0.1, -0.05) is 46.6 Å². The molecular formula is C21H21ClN4O2. The smallest absolute Gasteiger partial charge is 0.321 e. The van der Waals surface area contributed by atoms with Crippen LogP contribution in [0.4, 0.5) is 10.5 Å². The van der Waals surface area contributed by atoms with E-state index in [2.05, 4.69) is 15.5 Å². The second kappa shape index (κ2) is 8.02. The van der Waals surface area contributed by atoms with Crippen molar-refractivity contribution in [2.24, 2.45) is 0 Å². The number of carbonyl (C=O) groups is 1. The molecule has 1 aliphatic heterocycles. The molecule has 4 rings (SSSR count). The first-order valence-corrected chi connectivity index (χ1v) is 9.68. The number of anilines is 1. The van der Waals surface area contributed by atoms with Gasteiger partial charge in [0.2, 0.25) is 11.7 Å². The Hall–Kier alpha value is -2.86. The zero-order valence-electron chi connectivity index (χ0n) is 15.6. The number of rotatable bonds is 3. The number of likely N-dealkylation sites (tertiary alicyclic amines) is 1. The predicted molar refractivity (Wildman–Crippen MR) is 108 cm³/mol. The number of hydrogen-bond donors (Lipinski definition) is 1. The Bertz CT molecular complexity index is 963. The number of aryl methyl sites for hydroxylation is 1. The lowest BCUT2D eigenvalue weighted by atomic mass is 9.97. The van der Waals surface area contributed by atoms with Crippen molar-refractivity contribution < 1.29 is 9.32 Å². The Morgan fingerprint density at radius 2 is 1.93 bits per heavy atom. The highest BCUT2D eigenvalue weighted by atomic mass is 35.5. The lowest BCUT2D eigenvalue weighted by Crippen LogP contribution is -2.40. The summed E-state index contributed by atoms with van der Waals surface area (Å²) in [5, 5.41) is 7.67. The molecule has 3 aromatic rings. The molecular weight excluding hydrogens is 376 g/mol. The van der Waals surface area contributed by atoms with E-state index in [0.717, 1.165) is 29.7 Å². The minimum atomic E-state index is -0.0764. The van der Waals surface area contributed by atoms with Gasteiger partial charge in [-0.2, -0.15) is 4.98 Å². The summed E-state index contributed by atoms with van der Waals surface area (Å²) >= 11 is 6.03. The minimum Gasteiger partial charge on any atom is -0.339 e. The SMILES string of the molecule is Cc1ccc(NC(=O)N2CCC(c3nc(-c4cccc(Cl)c4)no3)CC2)cc1. The van der Waals surface area contributed by atoms with Crippen LogP contribution in [0.1, 0.15) is 30.2 Å². The van der Waals surface area contributed by atoms with Gasteiger partial charge < -0.3 is 14.7 Å². The second-order valence-corrected chi connectivity index (χ2v) is 7.46. The number of aromatic nitrogens is 2. The van der Waals surface area contributed by atoms with E-state index in [0.29, 0.717) is 29.8 Å². The van der Waals surface area contributed by atoms with Crippen LogP contribution in [0.15, 0.2) is 53.1 Å². The van der Waals surface area contributed by atoms with E-state index in [1.165, 1.54) is 0 Å². The summed E-state index contributed by atoms with van der Waals surface area (Å²) in [4.78, 5) is 18.8. The molecule has 6 nitrogen and oxygen atoms in total. The van der Waals surface area contributed by atoms with Gasteiger partial charge in [-0.25, -0.2) is 4.79 Å². The number of nitrogens with zero attached hydrogens (tertiary/aromatic N) is 3. The molecule has 2 aromatic carbocycles. The third kappa shape index (κ3) is 4.17. The van der Waals surface area contributed by atoms with Crippen LogP contribution in [0.25, 0.3) is 11.4 Å². The van der Waals surface area contributed by atoms with E-state index in [9.17, 15) is 4.79 Å². The highest BCUT2D eigenvalue weighted by Gasteiger charge is 2.27. The molecule has 1 N–H and O–H groups in total. The molecule has 0 bridgehead atoms. The van der Waals surface area contributed by atoms with Crippen molar-refractivity contribution in [1.82, 2.24) is 15.0 Å². The zero-order chi connectivity index (χ0) is 19.5. The van der Waals surface area contributed by atoms with E-state index in [1.54, 1.807) is 0 Å². The van der Waals surface area contributed by atoms with E-state index < -0.39 is 0 Å². The van der Waals surface area contributed by atoms with E-state index in [4.69, 9.17) is 16.1 Å². The molecule has 0 spiro atoms. The molecule has 0 saturated carbocycles. The molecule has 144 valence electrons. The number of urea groups is 1. The van der Waals surface area contributed by atoms with Crippen LogP contribution in [0.2, 0.25) is 5.02 Å². The molecule has 0 unspecified atom stereocenters. The number of benzene rings is 2. The van der Waals surface area contributed by atoms with Crippen LogP contribution in [0.5, 0.6) is 0 Å². The topological polar surface area (TPSA) is 71.3 Å². The molecule has 0 aliphatic carbocycles. The molecule has 0 radical (unpaired) electrons. The summed E-state index contributed by atoms with van der Waals surface area (Å²) in [6.07, 6.45) is 1.58. The normalized spacial score (nSPS) is 14.9. The molecule has 1 aromatic heterocycles. The highest BCUT2D eigenvalue weighted by Crippen LogP contribution is 2.29. The van der Waals surface area contributed by atoms with Crippen LogP contribution in [0, 0.1) is 6.92 Å². The van der Waals surface area contributed by atoms with Crippen LogP contribution in [-0.2, 0) is 0 Å². The van der Waals surface area contributed by atoms with Gasteiger partial charge in [0.05, 0.1) is 0 Å². The van der Waals surface area contributed by atoms with Crippen LogP contribution < -0.4 is 5.32 Å². The van der Waals surface area contributed by atoms with Crippen LogP contribution in [-0.4, -0.2) is 34.2 Å². The van der Waals surface area contributed by atoms with E-state index >= 15 is 0 Å². The Balaban J connectivity index is 1.35. The minimum absolute atomic E-state index is 0.0764. The number of halogens is 1. The molecule has 1 fully saturated rings. The van der Waals surface area contributed by atoms with Crippen molar-refractivity contribution in [3.8, 4) is 11.4 Å². The fourth-order valence-electron chi connectivity index (χ4n) is 3.31. The Morgan fingerprint density at radius 3 is 2.64 bits per heavy atom. The van der Waals surface area contributed by atoms with Gasteiger partial charge in [-0.15, -0.1) is 0 Å². The van der Waals surface area contributed by atoms with E-state index in [1.807, 2.05) is 60.4 Å². The average molecular weight is 397 g/mol. The first kappa shape index (κ1) is 18.5. The van der Waals surface area contributed by atoms with Gasteiger partial charge >= 0.3 is 6.03 Å². The fraction of sp³-hybridized carbons (Fsp3) is 0.286. The largest absolute Gasteiger partial charge is 0.339 e. The molecule has 2 heterocycles. The van der Waals surface area contributed by atoms with Crippen molar-refractivity contribution in [3.63, 3.8) is 0 Å². The summed E-state index contributed by atoms with van der Waals surface area (Å²) in [5.41, 5.74) is 2.80. The Morgan fingerprint density at radius 1 is 1.18 bits per heavy atom. The van der Waals surface area contributed by atoms with Gasteiger partial charge in [0.15, 0.2) is 0 Å². The van der Waals surface area contributed by atoms with Crippen LogP contribution in [0.3, 0.4) is 0 Å². The van der Waals surface area contributed by atoms with E-state index in [-0.39, 0.29) is 11.9 Å². The van der Waals surface area contributed by atoms with Crippen molar-refractivity contribution in [1.29, 1.82) is 0 Å². The molecule has 1 saturated heterocycles. The Kier molecular flexibility index (Phi) is 5.30. The van der Waals surface area contributed by atoms with Crippen molar-refractivity contribution in [3.05, 3.63) is 65.0 Å². The molecule has 1 aliphatic rings. The summed E-state index contributed by atoms with van der Waals surface area (Å²) < 4.78 is 5.48. The number of piperidine rings is 1. The van der Waals surface area contributed by atoms with Gasteiger partial charge in [-0.3, -0.25) is 0 Å². The predicted octanol–water partition coefficient (Wildman–Crippen LogP) is 5.11. The van der Waals surface area contributed by atoms with Gasteiger partial charge in [-0.05, 0) is 44.0 Å².